The fraction of sp³-hybridized carbons (Fsp3) is 1.00. The molecule has 3 heteroatoms. The Labute approximate surface area is 130 Å². The molecule has 0 amide bonds. The van der Waals surface area contributed by atoms with E-state index in [1.54, 1.807) is 0 Å². The highest BCUT2D eigenvalue weighted by molar-refractivity contribution is 4.89. The van der Waals surface area contributed by atoms with Crippen LogP contribution in [-0.4, -0.2) is 49.0 Å². The van der Waals surface area contributed by atoms with Crippen LogP contribution in [-0.2, 0) is 4.74 Å². The Morgan fingerprint density at radius 2 is 1.86 bits per heavy atom. The summed E-state index contributed by atoms with van der Waals surface area (Å²) in [6, 6.07) is 0. The first kappa shape index (κ1) is 15.8. The van der Waals surface area contributed by atoms with Crippen molar-refractivity contribution in [2.75, 3.05) is 32.8 Å². The third-order valence-electron chi connectivity index (χ3n) is 5.94. The summed E-state index contributed by atoms with van der Waals surface area (Å²) >= 11 is 0. The number of β-amino-alcohol motifs (C(OH)–C–C–N with tert-alkyl or cyclic N) is 1. The number of aliphatic hydroxyl groups excluding tert-OH is 1. The maximum absolute atomic E-state index is 10.2. The SMILES string of the molecule is C[C@@H]1C[C@H](C)CN(C[C@H](O)COC[C@H]2C[C@H]3CC[C@H]2C3)C1. The maximum Gasteiger partial charge on any atom is 0.0900 e. The Balaban J connectivity index is 1.32. The van der Waals surface area contributed by atoms with Crippen molar-refractivity contribution in [3.8, 4) is 0 Å². The second kappa shape index (κ2) is 6.97. The van der Waals surface area contributed by atoms with Crippen LogP contribution in [0, 0.1) is 29.6 Å². The summed E-state index contributed by atoms with van der Waals surface area (Å²) in [7, 11) is 0. The van der Waals surface area contributed by atoms with Crippen LogP contribution in [0.4, 0.5) is 0 Å². The lowest BCUT2D eigenvalue weighted by Gasteiger charge is -2.36. The van der Waals surface area contributed by atoms with Crippen molar-refractivity contribution >= 4 is 0 Å². The van der Waals surface area contributed by atoms with E-state index in [9.17, 15) is 5.11 Å². The van der Waals surface area contributed by atoms with E-state index in [2.05, 4.69) is 18.7 Å². The number of ether oxygens (including phenoxy) is 1. The topological polar surface area (TPSA) is 32.7 Å². The maximum atomic E-state index is 10.2. The first-order valence-electron chi connectivity index (χ1n) is 9.08. The number of nitrogens with zero attached hydrogens (tertiary/aromatic N) is 1. The van der Waals surface area contributed by atoms with Crippen LogP contribution in [0.25, 0.3) is 0 Å². The van der Waals surface area contributed by atoms with E-state index in [1.165, 1.54) is 32.1 Å². The van der Waals surface area contributed by atoms with Gasteiger partial charge in [-0.25, -0.2) is 0 Å². The zero-order chi connectivity index (χ0) is 14.8. The van der Waals surface area contributed by atoms with Crippen molar-refractivity contribution in [2.45, 2.75) is 52.1 Å². The molecule has 1 heterocycles. The molecule has 0 aromatic heterocycles. The fourth-order valence-corrected chi connectivity index (χ4v) is 5.23. The molecule has 0 radical (unpaired) electrons. The van der Waals surface area contributed by atoms with E-state index in [1.807, 2.05) is 0 Å². The predicted molar refractivity (Wildman–Crippen MR) is 85.1 cm³/mol. The number of hydrogen-bond donors (Lipinski definition) is 1. The molecule has 3 fully saturated rings. The normalized spacial score (nSPS) is 41.6. The summed E-state index contributed by atoms with van der Waals surface area (Å²) in [5.41, 5.74) is 0. The minimum Gasteiger partial charge on any atom is -0.389 e. The van der Waals surface area contributed by atoms with Crippen molar-refractivity contribution in [1.82, 2.24) is 4.90 Å². The summed E-state index contributed by atoms with van der Waals surface area (Å²) < 4.78 is 5.85. The molecule has 1 aliphatic heterocycles. The lowest BCUT2D eigenvalue weighted by Crippen LogP contribution is -2.43. The molecule has 2 saturated carbocycles. The standard InChI is InChI=1S/C18H33NO2/c1-13-5-14(2)9-19(8-13)10-18(20)12-21-11-17-7-15-3-4-16(17)6-15/h13-18,20H,3-12H2,1-2H3/t13-,14+,15-,16-,17+,18-/m0/s1. The molecule has 0 unspecified atom stereocenters. The van der Waals surface area contributed by atoms with Gasteiger partial charge in [0.05, 0.1) is 12.7 Å². The van der Waals surface area contributed by atoms with Gasteiger partial charge in [-0.1, -0.05) is 20.3 Å². The third kappa shape index (κ3) is 4.20. The van der Waals surface area contributed by atoms with Gasteiger partial charge in [-0.3, -0.25) is 0 Å². The number of rotatable bonds is 6. The molecule has 0 spiro atoms. The molecule has 3 aliphatic rings. The first-order chi connectivity index (χ1) is 10.1. The van der Waals surface area contributed by atoms with Crippen LogP contribution in [0.1, 0.15) is 46.0 Å². The molecule has 2 bridgehead atoms. The molecule has 6 atom stereocenters. The third-order valence-corrected chi connectivity index (χ3v) is 5.94. The number of piperidine rings is 1. The van der Waals surface area contributed by atoms with Crippen LogP contribution in [0.3, 0.4) is 0 Å². The van der Waals surface area contributed by atoms with Crippen LogP contribution in [0.5, 0.6) is 0 Å². The molecule has 3 nitrogen and oxygen atoms in total. The summed E-state index contributed by atoms with van der Waals surface area (Å²) in [4.78, 5) is 2.42. The average molecular weight is 295 g/mol. The van der Waals surface area contributed by atoms with Gasteiger partial charge in [0.15, 0.2) is 0 Å². The molecule has 1 N–H and O–H groups in total. The van der Waals surface area contributed by atoms with Crippen molar-refractivity contribution in [3.05, 3.63) is 0 Å². The second-order valence-electron chi connectivity index (χ2n) is 8.29. The molecular formula is C18H33NO2. The van der Waals surface area contributed by atoms with Gasteiger partial charge in [-0.2, -0.15) is 0 Å². The highest BCUT2D eigenvalue weighted by Gasteiger charge is 2.39. The van der Waals surface area contributed by atoms with E-state index < -0.39 is 0 Å². The van der Waals surface area contributed by atoms with Gasteiger partial charge in [0, 0.05) is 26.2 Å². The van der Waals surface area contributed by atoms with Crippen molar-refractivity contribution in [2.24, 2.45) is 29.6 Å². The first-order valence-corrected chi connectivity index (χ1v) is 9.08. The zero-order valence-corrected chi connectivity index (χ0v) is 13.8. The van der Waals surface area contributed by atoms with Gasteiger partial charge < -0.3 is 14.7 Å². The molecule has 1 saturated heterocycles. The van der Waals surface area contributed by atoms with E-state index >= 15 is 0 Å². The van der Waals surface area contributed by atoms with Crippen LogP contribution in [0.2, 0.25) is 0 Å². The van der Waals surface area contributed by atoms with Gasteiger partial charge in [0.25, 0.3) is 0 Å². The molecule has 122 valence electrons. The lowest BCUT2D eigenvalue weighted by atomic mass is 9.89. The zero-order valence-electron chi connectivity index (χ0n) is 13.8. The average Bonchev–Trinajstić information content (AvgIpc) is 2.99. The molecule has 0 aromatic carbocycles. The number of hydrogen-bond acceptors (Lipinski definition) is 3. The monoisotopic (exact) mass is 295 g/mol. The highest BCUT2D eigenvalue weighted by Crippen LogP contribution is 2.48. The minimum atomic E-state index is -0.318. The Hall–Kier alpha value is -0.120. The fourth-order valence-electron chi connectivity index (χ4n) is 5.23. The Bertz CT molecular complexity index is 325. The summed E-state index contributed by atoms with van der Waals surface area (Å²) in [5, 5.41) is 10.2. The Kier molecular flexibility index (Phi) is 5.23. The van der Waals surface area contributed by atoms with Crippen molar-refractivity contribution < 1.29 is 9.84 Å². The van der Waals surface area contributed by atoms with Gasteiger partial charge in [0.1, 0.15) is 0 Å². The van der Waals surface area contributed by atoms with Crippen molar-refractivity contribution in [3.63, 3.8) is 0 Å². The van der Waals surface area contributed by atoms with Crippen LogP contribution < -0.4 is 0 Å². The molecular weight excluding hydrogens is 262 g/mol. The van der Waals surface area contributed by atoms with Crippen LogP contribution in [0.15, 0.2) is 0 Å². The summed E-state index contributed by atoms with van der Waals surface area (Å²) in [6.07, 6.45) is 6.70. The Morgan fingerprint density at radius 3 is 2.48 bits per heavy atom. The molecule has 0 aromatic rings. The van der Waals surface area contributed by atoms with E-state index in [-0.39, 0.29) is 6.10 Å². The number of fused-ring (bicyclic) bond motifs is 2. The minimum absolute atomic E-state index is 0.318. The second-order valence-corrected chi connectivity index (χ2v) is 8.29. The smallest absolute Gasteiger partial charge is 0.0900 e. The van der Waals surface area contributed by atoms with E-state index in [4.69, 9.17) is 4.74 Å². The highest BCUT2D eigenvalue weighted by atomic mass is 16.5. The van der Waals surface area contributed by atoms with Gasteiger partial charge in [-0.15, -0.1) is 0 Å². The van der Waals surface area contributed by atoms with Gasteiger partial charge >= 0.3 is 0 Å². The molecule has 21 heavy (non-hydrogen) atoms. The van der Waals surface area contributed by atoms with E-state index in [0.29, 0.717) is 6.61 Å². The van der Waals surface area contributed by atoms with E-state index in [0.717, 1.165) is 55.8 Å². The van der Waals surface area contributed by atoms with Gasteiger partial charge in [0.2, 0.25) is 0 Å². The van der Waals surface area contributed by atoms with Crippen LogP contribution >= 0.6 is 0 Å². The molecule has 2 aliphatic carbocycles. The number of likely N-dealkylation sites (tertiary alicyclic amines) is 1. The van der Waals surface area contributed by atoms with Crippen molar-refractivity contribution in [1.29, 1.82) is 0 Å². The van der Waals surface area contributed by atoms with Gasteiger partial charge in [-0.05, 0) is 55.3 Å². The summed E-state index contributed by atoms with van der Waals surface area (Å²) in [5.74, 6) is 4.22. The largest absolute Gasteiger partial charge is 0.389 e. The molecule has 3 rings (SSSR count). The quantitative estimate of drug-likeness (QED) is 0.818. The predicted octanol–water partition coefficient (Wildman–Crippen LogP) is 2.78. The Morgan fingerprint density at radius 1 is 1.10 bits per heavy atom. The summed E-state index contributed by atoms with van der Waals surface area (Å²) in [6.45, 7) is 9.09. The number of aliphatic hydroxyl groups is 1. The lowest BCUT2D eigenvalue weighted by molar-refractivity contribution is -0.0105.